The lowest BCUT2D eigenvalue weighted by Gasteiger charge is -2.23. The van der Waals surface area contributed by atoms with Crippen LogP contribution in [0.5, 0.6) is 0 Å². The van der Waals surface area contributed by atoms with Gasteiger partial charge in [-0.25, -0.2) is 24.9 Å². The highest BCUT2D eigenvalue weighted by Gasteiger charge is 2.45. The van der Waals surface area contributed by atoms with Crippen molar-refractivity contribution in [2.24, 2.45) is 5.92 Å². The molecule has 1 aliphatic carbocycles. The van der Waals surface area contributed by atoms with Crippen LogP contribution in [0.2, 0.25) is 0 Å². The van der Waals surface area contributed by atoms with Crippen molar-refractivity contribution in [1.29, 1.82) is 0 Å². The molecule has 0 saturated heterocycles. The first-order chi connectivity index (χ1) is 16.5. The summed E-state index contributed by atoms with van der Waals surface area (Å²) in [6.45, 7) is 7.03. The zero-order chi connectivity index (χ0) is 23.4. The van der Waals surface area contributed by atoms with Gasteiger partial charge in [0.05, 0.1) is 12.2 Å². The number of aryl methyl sites for hydroxylation is 2. The monoisotopic (exact) mass is 455 g/mol. The molecule has 34 heavy (non-hydrogen) atoms. The second-order valence-corrected chi connectivity index (χ2v) is 9.10. The molecule has 0 radical (unpaired) electrons. The Morgan fingerprint density at radius 1 is 1.15 bits per heavy atom. The molecule has 1 saturated carbocycles. The van der Waals surface area contributed by atoms with E-state index in [9.17, 15) is 4.79 Å². The molecule has 1 fully saturated rings. The Morgan fingerprint density at radius 2 is 1.94 bits per heavy atom. The third-order valence-corrected chi connectivity index (χ3v) is 6.68. The van der Waals surface area contributed by atoms with Crippen molar-refractivity contribution in [1.82, 2.24) is 29.5 Å². The average molecular weight is 456 g/mol. The van der Waals surface area contributed by atoms with Gasteiger partial charge >= 0.3 is 0 Å². The highest BCUT2D eigenvalue weighted by atomic mass is 16.5. The quantitative estimate of drug-likeness (QED) is 0.470. The number of carbonyl (C=O) groups is 1. The molecule has 1 unspecified atom stereocenters. The van der Waals surface area contributed by atoms with Crippen LogP contribution >= 0.6 is 0 Å². The molecule has 1 aliphatic heterocycles. The predicted octanol–water partition coefficient (Wildman–Crippen LogP) is 3.87. The van der Waals surface area contributed by atoms with Gasteiger partial charge in [-0.05, 0) is 51.7 Å². The first-order valence-corrected chi connectivity index (χ1v) is 11.6. The lowest BCUT2D eigenvalue weighted by Crippen LogP contribution is -2.34. The summed E-state index contributed by atoms with van der Waals surface area (Å²) in [5, 5.41) is 2.97. The van der Waals surface area contributed by atoms with Gasteiger partial charge in [-0.3, -0.25) is 4.79 Å². The molecule has 9 heteroatoms. The molecule has 0 bridgehead atoms. The van der Waals surface area contributed by atoms with E-state index < -0.39 is 5.60 Å². The van der Waals surface area contributed by atoms with Gasteiger partial charge in [-0.1, -0.05) is 6.07 Å². The van der Waals surface area contributed by atoms with E-state index in [0.29, 0.717) is 36.1 Å². The fourth-order valence-electron chi connectivity index (χ4n) is 4.45. The van der Waals surface area contributed by atoms with Crippen LogP contribution in [0.1, 0.15) is 38.1 Å². The molecule has 1 N–H and O–H groups in total. The molecule has 4 aromatic rings. The standard InChI is InChI=1S/C25H25N7O2/c1-4-32-22(17-10-26-14(2)27-11-17)31-21-20(28-13-29-23(21)32)16-7-8-19-18(9-16)25(3,24(33)30-19)34-12-15-5-6-15/h7-11,13,15H,4-6,12H2,1-3H3,(H,30,33). The fraction of sp³-hybridized carbons (Fsp3) is 0.360. The summed E-state index contributed by atoms with van der Waals surface area (Å²) in [5.41, 5.74) is 4.39. The van der Waals surface area contributed by atoms with Gasteiger partial charge in [-0.15, -0.1) is 0 Å². The van der Waals surface area contributed by atoms with Crippen LogP contribution in [0, 0.1) is 12.8 Å². The van der Waals surface area contributed by atoms with Crippen molar-refractivity contribution in [3.63, 3.8) is 0 Å². The van der Waals surface area contributed by atoms with E-state index in [1.54, 1.807) is 18.7 Å². The van der Waals surface area contributed by atoms with Crippen LogP contribution in [0.15, 0.2) is 36.9 Å². The van der Waals surface area contributed by atoms with E-state index in [2.05, 4.69) is 32.2 Å². The first-order valence-electron chi connectivity index (χ1n) is 11.6. The SMILES string of the molecule is CCn1c(-c2cnc(C)nc2)nc2c(-c3ccc4c(c3)C(C)(OCC3CC3)C(=O)N4)ncnc21. The molecule has 4 heterocycles. The van der Waals surface area contributed by atoms with Crippen LogP contribution < -0.4 is 5.32 Å². The van der Waals surface area contributed by atoms with Gasteiger partial charge in [0.1, 0.15) is 29.2 Å². The summed E-state index contributed by atoms with van der Waals surface area (Å²) in [4.78, 5) is 35.5. The maximum atomic E-state index is 12.8. The number of fused-ring (bicyclic) bond motifs is 2. The van der Waals surface area contributed by atoms with Gasteiger partial charge in [0.15, 0.2) is 11.2 Å². The molecule has 0 spiro atoms. The number of carbonyl (C=O) groups excluding carboxylic acids is 1. The number of anilines is 1. The van der Waals surface area contributed by atoms with Gasteiger partial charge in [-0.2, -0.15) is 0 Å². The second kappa shape index (κ2) is 7.66. The Kier molecular flexibility index (Phi) is 4.70. The zero-order valence-electron chi connectivity index (χ0n) is 19.4. The van der Waals surface area contributed by atoms with E-state index >= 15 is 0 Å². The molecular formula is C25H25N7O2. The molecule has 6 rings (SSSR count). The minimum Gasteiger partial charge on any atom is -0.360 e. The summed E-state index contributed by atoms with van der Waals surface area (Å²) >= 11 is 0. The third kappa shape index (κ3) is 3.27. The predicted molar refractivity (Wildman–Crippen MR) is 127 cm³/mol. The maximum absolute atomic E-state index is 12.8. The molecule has 9 nitrogen and oxygen atoms in total. The normalized spacial score (nSPS) is 19.4. The van der Waals surface area contributed by atoms with Crippen LogP contribution in [0.4, 0.5) is 5.69 Å². The lowest BCUT2D eigenvalue weighted by molar-refractivity contribution is -0.139. The minimum atomic E-state index is -1.02. The van der Waals surface area contributed by atoms with E-state index in [-0.39, 0.29) is 5.91 Å². The number of nitrogens with zero attached hydrogens (tertiary/aromatic N) is 6. The van der Waals surface area contributed by atoms with Gasteiger partial charge < -0.3 is 14.6 Å². The number of amides is 1. The zero-order valence-corrected chi connectivity index (χ0v) is 19.4. The number of nitrogens with one attached hydrogen (secondary N) is 1. The van der Waals surface area contributed by atoms with E-state index in [1.165, 1.54) is 0 Å². The number of aromatic nitrogens is 6. The highest BCUT2D eigenvalue weighted by Crippen LogP contribution is 2.43. The highest BCUT2D eigenvalue weighted by molar-refractivity contribution is 6.05. The summed E-state index contributed by atoms with van der Waals surface area (Å²) in [7, 11) is 0. The number of hydrogen-bond acceptors (Lipinski definition) is 7. The lowest BCUT2D eigenvalue weighted by atomic mass is 9.94. The average Bonchev–Trinajstić information content (AvgIpc) is 3.55. The van der Waals surface area contributed by atoms with Crippen molar-refractivity contribution < 1.29 is 9.53 Å². The second-order valence-electron chi connectivity index (χ2n) is 9.10. The summed E-state index contributed by atoms with van der Waals surface area (Å²) in [5.74, 6) is 1.87. The number of rotatable bonds is 6. The molecule has 1 aromatic carbocycles. The summed E-state index contributed by atoms with van der Waals surface area (Å²) in [6, 6.07) is 5.85. The number of ether oxygens (including phenoxy) is 1. The van der Waals surface area contributed by atoms with E-state index in [0.717, 1.165) is 46.7 Å². The molecule has 172 valence electrons. The molecule has 1 amide bonds. The van der Waals surface area contributed by atoms with Crippen LogP contribution in [0.25, 0.3) is 33.8 Å². The molecule has 2 aliphatic rings. The Hall–Kier alpha value is -3.72. The number of imidazole rings is 1. The first kappa shape index (κ1) is 20.9. The van der Waals surface area contributed by atoms with Crippen molar-refractivity contribution >= 4 is 22.8 Å². The van der Waals surface area contributed by atoms with E-state index in [1.807, 2.05) is 36.6 Å². The van der Waals surface area contributed by atoms with Crippen LogP contribution in [0.3, 0.4) is 0 Å². The topological polar surface area (TPSA) is 108 Å². The largest absolute Gasteiger partial charge is 0.360 e. The van der Waals surface area contributed by atoms with Gasteiger partial charge in [0.25, 0.3) is 5.91 Å². The van der Waals surface area contributed by atoms with Crippen LogP contribution in [-0.4, -0.2) is 42.0 Å². The van der Waals surface area contributed by atoms with Crippen molar-refractivity contribution in [3.8, 4) is 22.6 Å². The maximum Gasteiger partial charge on any atom is 0.261 e. The van der Waals surface area contributed by atoms with E-state index in [4.69, 9.17) is 9.72 Å². The van der Waals surface area contributed by atoms with Crippen molar-refractivity contribution in [2.45, 2.75) is 45.8 Å². The molecular weight excluding hydrogens is 430 g/mol. The molecule has 3 aromatic heterocycles. The number of hydrogen-bond donors (Lipinski definition) is 1. The van der Waals surface area contributed by atoms with Gasteiger partial charge in [0, 0.05) is 35.8 Å². The Bertz CT molecular complexity index is 1430. The Labute approximate surface area is 196 Å². The summed E-state index contributed by atoms with van der Waals surface area (Å²) < 4.78 is 8.20. The van der Waals surface area contributed by atoms with Crippen molar-refractivity contribution in [2.75, 3.05) is 11.9 Å². The van der Waals surface area contributed by atoms with Crippen LogP contribution in [-0.2, 0) is 21.7 Å². The fourth-order valence-corrected chi connectivity index (χ4v) is 4.45. The summed E-state index contributed by atoms with van der Waals surface area (Å²) in [6.07, 6.45) is 7.44. The van der Waals surface area contributed by atoms with Crippen molar-refractivity contribution in [3.05, 3.63) is 48.3 Å². The minimum absolute atomic E-state index is 0.134. The number of benzene rings is 1. The smallest absolute Gasteiger partial charge is 0.261 e. The molecule has 1 atom stereocenters. The third-order valence-electron chi connectivity index (χ3n) is 6.68. The Balaban J connectivity index is 1.47. The van der Waals surface area contributed by atoms with Gasteiger partial charge in [0.2, 0.25) is 0 Å². The Morgan fingerprint density at radius 3 is 2.68 bits per heavy atom.